The lowest BCUT2D eigenvalue weighted by Gasteiger charge is -2.17. The molecule has 1 aromatic heterocycles. The van der Waals surface area contributed by atoms with Crippen molar-refractivity contribution in [1.29, 1.82) is 0 Å². The molecular weight excluding hydrogens is 407 g/mol. The summed E-state index contributed by atoms with van der Waals surface area (Å²) in [5.74, 6) is 0.925. The van der Waals surface area contributed by atoms with Crippen molar-refractivity contribution >= 4 is 41.7 Å². The molecule has 1 fully saturated rings. The molecule has 2 N–H and O–H groups in total. The Morgan fingerprint density at radius 2 is 2.27 bits per heavy atom. The number of hydrogen-bond acceptors (Lipinski definition) is 3. The van der Waals surface area contributed by atoms with Crippen molar-refractivity contribution in [2.75, 3.05) is 19.8 Å². The van der Waals surface area contributed by atoms with Crippen LogP contribution in [0.5, 0.6) is 0 Å². The number of guanidine groups is 1. The van der Waals surface area contributed by atoms with Gasteiger partial charge in [-0.15, -0.1) is 24.0 Å². The van der Waals surface area contributed by atoms with Gasteiger partial charge in [0.2, 0.25) is 0 Å². The van der Waals surface area contributed by atoms with E-state index in [9.17, 15) is 0 Å². The van der Waals surface area contributed by atoms with Gasteiger partial charge in [-0.25, -0.2) is 0 Å². The molecule has 1 aliphatic carbocycles. The maximum atomic E-state index is 4.33. The Balaban J connectivity index is 0.00000242. The van der Waals surface area contributed by atoms with E-state index < -0.39 is 0 Å². The quantitative estimate of drug-likeness (QED) is 0.425. The van der Waals surface area contributed by atoms with Crippen LogP contribution in [0.25, 0.3) is 0 Å². The fourth-order valence-corrected chi connectivity index (χ4v) is 3.57. The summed E-state index contributed by atoms with van der Waals surface area (Å²) in [5, 5.41) is 7.77. The van der Waals surface area contributed by atoms with E-state index in [0.29, 0.717) is 6.04 Å². The van der Waals surface area contributed by atoms with Crippen molar-refractivity contribution in [2.45, 2.75) is 43.9 Å². The van der Waals surface area contributed by atoms with Gasteiger partial charge in [0.05, 0.1) is 0 Å². The second-order valence-corrected chi connectivity index (χ2v) is 6.70. The van der Waals surface area contributed by atoms with Crippen molar-refractivity contribution < 1.29 is 0 Å². The highest BCUT2D eigenvalue weighted by atomic mass is 127. The molecule has 0 saturated heterocycles. The Bertz CT molecular complexity index is 481. The third-order valence-corrected chi connectivity index (χ3v) is 5.20. The van der Waals surface area contributed by atoms with Crippen molar-refractivity contribution in [1.82, 2.24) is 15.6 Å². The number of hydrogen-bond donors (Lipinski definition) is 2. The average Bonchev–Trinajstić information content (AvgIpc) is 2.96. The molecule has 0 aliphatic heterocycles. The predicted octanol–water partition coefficient (Wildman–Crippen LogP) is 3.00. The summed E-state index contributed by atoms with van der Waals surface area (Å²) < 4.78 is 0. The molecule has 1 aromatic rings. The molecule has 6 heteroatoms. The number of pyridine rings is 1. The maximum absolute atomic E-state index is 4.33. The molecule has 0 amide bonds. The second-order valence-electron chi connectivity index (χ2n) is 5.56. The largest absolute Gasteiger partial charge is 0.356 e. The number of nitrogens with one attached hydrogen (secondary N) is 2. The van der Waals surface area contributed by atoms with Gasteiger partial charge in [-0.3, -0.25) is 9.98 Å². The number of rotatable bonds is 5. The van der Waals surface area contributed by atoms with Crippen LogP contribution in [0.15, 0.2) is 23.5 Å². The Hall–Kier alpha value is -0.500. The molecule has 2 atom stereocenters. The molecule has 0 radical (unpaired) electrons. The molecular formula is C16H27IN4S. The van der Waals surface area contributed by atoms with E-state index in [2.05, 4.69) is 39.9 Å². The molecule has 2 rings (SSSR count). The second kappa shape index (κ2) is 10.3. The summed E-state index contributed by atoms with van der Waals surface area (Å²) in [5.41, 5.74) is 2.59. The molecule has 1 heterocycles. The zero-order valence-electron chi connectivity index (χ0n) is 13.6. The average molecular weight is 434 g/mol. The molecule has 0 aromatic carbocycles. The summed E-state index contributed by atoms with van der Waals surface area (Å²) >= 11 is 1.98. The van der Waals surface area contributed by atoms with Crippen molar-refractivity contribution in [3.8, 4) is 0 Å². The summed E-state index contributed by atoms with van der Waals surface area (Å²) in [6.45, 7) is 3.00. The smallest absolute Gasteiger partial charge is 0.191 e. The van der Waals surface area contributed by atoms with E-state index in [1.807, 2.05) is 31.2 Å². The summed E-state index contributed by atoms with van der Waals surface area (Å²) in [7, 11) is 1.84. The number of thioether (sulfide) groups is 1. The van der Waals surface area contributed by atoms with E-state index in [0.717, 1.165) is 24.2 Å². The van der Waals surface area contributed by atoms with Crippen molar-refractivity contribution in [2.24, 2.45) is 4.99 Å². The van der Waals surface area contributed by atoms with Gasteiger partial charge in [-0.05, 0) is 56.1 Å². The molecule has 1 saturated carbocycles. The van der Waals surface area contributed by atoms with Crippen LogP contribution in [0.4, 0.5) is 0 Å². The minimum absolute atomic E-state index is 0. The number of aromatic nitrogens is 1. The normalized spacial score (nSPS) is 21.3. The lowest BCUT2D eigenvalue weighted by atomic mass is 10.1. The lowest BCUT2D eigenvalue weighted by Crippen LogP contribution is -2.43. The monoisotopic (exact) mass is 434 g/mol. The van der Waals surface area contributed by atoms with Gasteiger partial charge in [-0.2, -0.15) is 11.8 Å². The maximum Gasteiger partial charge on any atom is 0.191 e. The summed E-state index contributed by atoms with van der Waals surface area (Å²) in [6, 6.07) is 2.66. The summed E-state index contributed by atoms with van der Waals surface area (Å²) in [4.78, 5) is 8.46. The molecule has 0 spiro atoms. The van der Waals surface area contributed by atoms with Crippen LogP contribution in [0.3, 0.4) is 0 Å². The van der Waals surface area contributed by atoms with Crippen LogP contribution in [-0.2, 0) is 6.42 Å². The van der Waals surface area contributed by atoms with Gasteiger partial charge in [-0.1, -0.05) is 0 Å². The first-order chi connectivity index (χ1) is 10.2. The van der Waals surface area contributed by atoms with Crippen LogP contribution in [0.1, 0.15) is 30.4 Å². The first-order valence-corrected chi connectivity index (χ1v) is 8.91. The zero-order valence-corrected chi connectivity index (χ0v) is 16.8. The highest BCUT2D eigenvalue weighted by molar-refractivity contribution is 14.0. The highest BCUT2D eigenvalue weighted by Gasteiger charge is 2.24. The zero-order chi connectivity index (χ0) is 15.1. The minimum atomic E-state index is 0. The third kappa shape index (κ3) is 5.95. The molecule has 0 bridgehead atoms. The highest BCUT2D eigenvalue weighted by Crippen LogP contribution is 2.27. The van der Waals surface area contributed by atoms with Crippen LogP contribution in [0.2, 0.25) is 0 Å². The Morgan fingerprint density at radius 1 is 1.45 bits per heavy atom. The molecule has 22 heavy (non-hydrogen) atoms. The number of nitrogens with zero attached hydrogens (tertiary/aromatic N) is 2. The van der Waals surface area contributed by atoms with E-state index in [-0.39, 0.29) is 24.0 Å². The first kappa shape index (κ1) is 19.5. The first-order valence-electron chi connectivity index (χ1n) is 7.62. The topological polar surface area (TPSA) is 49.3 Å². The van der Waals surface area contributed by atoms with Gasteiger partial charge in [0, 0.05) is 37.3 Å². The third-order valence-electron chi connectivity index (χ3n) is 4.11. The fourth-order valence-electron chi connectivity index (χ4n) is 2.77. The standard InChI is InChI=1S/C16H26N4S.HI/c1-12-11-18-8-6-13(12)7-9-19-16(17-2)20-14-4-5-15(10-14)21-3;/h6,8,11,14-15H,4-5,7,9-10H2,1-3H3,(H2,17,19,20);1H. The van der Waals surface area contributed by atoms with E-state index in [4.69, 9.17) is 0 Å². The summed E-state index contributed by atoms with van der Waals surface area (Å²) in [6.07, 6.45) is 10.8. The van der Waals surface area contributed by atoms with E-state index in [1.165, 1.54) is 30.4 Å². The molecule has 1 aliphatic rings. The SMILES string of the molecule is CN=C(NCCc1ccncc1C)NC1CCC(SC)C1.I. The Labute approximate surface area is 155 Å². The van der Waals surface area contributed by atoms with E-state index >= 15 is 0 Å². The number of aryl methyl sites for hydroxylation is 1. The van der Waals surface area contributed by atoms with Gasteiger partial charge in [0.25, 0.3) is 0 Å². The van der Waals surface area contributed by atoms with Crippen LogP contribution in [-0.4, -0.2) is 42.1 Å². The van der Waals surface area contributed by atoms with Gasteiger partial charge >= 0.3 is 0 Å². The fraction of sp³-hybridized carbons (Fsp3) is 0.625. The Morgan fingerprint density at radius 3 is 2.91 bits per heavy atom. The van der Waals surface area contributed by atoms with Crippen molar-refractivity contribution in [3.05, 3.63) is 29.6 Å². The molecule has 4 nitrogen and oxygen atoms in total. The molecule has 2 unspecified atom stereocenters. The number of halogens is 1. The minimum Gasteiger partial charge on any atom is -0.356 e. The van der Waals surface area contributed by atoms with Crippen LogP contribution >= 0.6 is 35.7 Å². The van der Waals surface area contributed by atoms with E-state index in [1.54, 1.807) is 0 Å². The van der Waals surface area contributed by atoms with Gasteiger partial charge in [0.15, 0.2) is 5.96 Å². The van der Waals surface area contributed by atoms with Crippen LogP contribution in [0, 0.1) is 6.92 Å². The predicted molar refractivity (Wildman–Crippen MR) is 108 cm³/mol. The lowest BCUT2D eigenvalue weighted by molar-refractivity contribution is 0.614. The van der Waals surface area contributed by atoms with Gasteiger partial charge < -0.3 is 10.6 Å². The van der Waals surface area contributed by atoms with Crippen molar-refractivity contribution in [3.63, 3.8) is 0 Å². The van der Waals surface area contributed by atoms with Gasteiger partial charge in [0.1, 0.15) is 0 Å². The Kier molecular flexibility index (Phi) is 9.16. The van der Waals surface area contributed by atoms with Crippen LogP contribution < -0.4 is 10.6 Å². The number of aliphatic imine (C=N–C) groups is 1. The molecule has 124 valence electrons.